The van der Waals surface area contributed by atoms with E-state index in [-0.39, 0.29) is 25.2 Å². The lowest BCUT2D eigenvalue weighted by molar-refractivity contribution is -0.142. The van der Waals surface area contributed by atoms with Crippen molar-refractivity contribution >= 4 is 23.7 Å². The highest BCUT2D eigenvalue weighted by Crippen LogP contribution is 2.09. The molecule has 0 aliphatic rings. The summed E-state index contributed by atoms with van der Waals surface area (Å²) in [6.45, 7) is 4.64. The van der Waals surface area contributed by atoms with Crippen LogP contribution in [0.2, 0.25) is 0 Å². The first-order valence-corrected chi connectivity index (χ1v) is 13.4. The number of unbranched alkanes of at least 4 members (excludes halogenated alkanes) is 2. The van der Waals surface area contributed by atoms with Crippen LogP contribution >= 0.6 is 0 Å². The fraction of sp³-hybridized carbons (Fsp3) is 0.630. The van der Waals surface area contributed by atoms with E-state index in [1.54, 1.807) is 0 Å². The highest BCUT2D eigenvalue weighted by atomic mass is 16.4. The Labute approximate surface area is 225 Å². The van der Waals surface area contributed by atoms with Crippen molar-refractivity contribution in [3.63, 3.8) is 0 Å². The monoisotopic (exact) mass is 534 g/mol. The third-order valence-corrected chi connectivity index (χ3v) is 6.12. The molecule has 0 fully saturated rings. The molecular weight excluding hydrogens is 488 g/mol. The van der Waals surface area contributed by atoms with Gasteiger partial charge in [0.15, 0.2) is 0 Å². The van der Waals surface area contributed by atoms with Crippen LogP contribution in [0.1, 0.15) is 64.4 Å². The van der Waals surface area contributed by atoms with Crippen LogP contribution in [0.15, 0.2) is 30.3 Å². The predicted molar refractivity (Wildman–Crippen MR) is 147 cm³/mol. The van der Waals surface area contributed by atoms with Crippen molar-refractivity contribution in [3.05, 3.63) is 35.9 Å². The summed E-state index contributed by atoms with van der Waals surface area (Å²) < 4.78 is 0. The van der Waals surface area contributed by atoms with E-state index in [1.807, 2.05) is 44.2 Å². The third kappa shape index (κ3) is 13.0. The van der Waals surface area contributed by atoms with Gasteiger partial charge in [0.05, 0.1) is 6.04 Å². The Morgan fingerprint density at radius 1 is 0.763 bits per heavy atom. The number of nitrogens with two attached hydrogens (primary N) is 3. The zero-order chi connectivity index (χ0) is 28.5. The lowest BCUT2D eigenvalue weighted by Gasteiger charge is -2.26. The maximum Gasteiger partial charge on any atom is 0.326 e. The lowest BCUT2D eigenvalue weighted by atomic mass is 10.0. The molecule has 3 amide bonds. The number of carbonyl (C=O) groups is 4. The molecule has 0 saturated heterocycles. The second-order valence-corrected chi connectivity index (χ2v) is 10.0. The zero-order valence-corrected chi connectivity index (χ0v) is 22.7. The summed E-state index contributed by atoms with van der Waals surface area (Å²) in [6.07, 6.45) is 3.75. The Kier molecular flexibility index (Phi) is 15.9. The SMILES string of the molecule is CC(C)CC(NC(=O)C(CCCCN)NC(=O)C(Cc1ccccc1)NC(=O)C(N)CCCCN)C(=O)O. The topological polar surface area (TPSA) is 203 Å². The van der Waals surface area contributed by atoms with Crippen LogP contribution in [0.5, 0.6) is 0 Å². The van der Waals surface area contributed by atoms with Crippen molar-refractivity contribution < 1.29 is 24.3 Å². The maximum atomic E-state index is 13.4. The summed E-state index contributed by atoms with van der Waals surface area (Å²) in [5.41, 5.74) is 18.0. The molecule has 11 heteroatoms. The van der Waals surface area contributed by atoms with Gasteiger partial charge in [-0.25, -0.2) is 4.79 Å². The lowest BCUT2D eigenvalue weighted by Crippen LogP contribution is -2.57. The Morgan fingerprint density at radius 3 is 1.84 bits per heavy atom. The smallest absolute Gasteiger partial charge is 0.326 e. The quantitative estimate of drug-likeness (QED) is 0.123. The van der Waals surface area contributed by atoms with Gasteiger partial charge >= 0.3 is 5.97 Å². The van der Waals surface area contributed by atoms with Gasteiger partial charge in [-0.3, -0.25) is 14.4 Å². The summed E-state index contributed by atoms with van der Waals surface area (Å²) in [6, 6.07) is 5.32. The number of hydrogen-bond donors (Lipinski definition) is 7. The zero-order valence-electron chi connectivity index (χ0n) is 22.7. The molecule has 1 aromatic rings. The van der Waals surface area contributed by atoms with Crippen LogP contribution in [0.3, 0.4) is 0 Å². The first kappa shape index (κ1) is 33.0. The summed E-state index contributed by atoms with van der Waals surface area (Å²) >= 11 is 0. The first-order valence-electron chi connectivity index (χ1n) is 13.4. The minimum absolute atomic E-state index is 0.0428. The van der Waals surface area contributed by atoms with Crippen molar-refractivity contribution in [2.24, 2.45) is 23.1 Å². The number of carboxylic acid groups (broad SMARTS) is 1. The molecule has 0 aliphatic heterocycles. The van der Waals surface area contributed by atoms with E-state index in [0.29, 0.717) is 38.8 Å². The van der Waals surface area contributed by atoms with E-state index in [0.717, 1.165) is 12.0 Å². The predicted octanol–water partition coefficient (Wildman–Crippen LogP) is 0.400. The molecule has 4 atom stereocenters. The van der Waals surface area contributed by atoms with Crippen molar-refractivity contribution in [2.75, 3.05) is 13.1 Å². The Bertz CT molecular complexity index is 867. The second kappa shape index (κ2) is 18.3. The summed E-state index contributed by atoms with van der Waals surface area (Å²) in [5.74, 6) is -2.71. The average Bonchev–Trinajstić information content (AvgIpc) is 2.87. The number of carboxylic acids is 1. The second-order valence-electron chi connectivity index (χ2n) is 10.0. The van der Waals surface area contributed by atoms with Gasteiger partial charge in [0.2, 0.25) is 17.7 Å². The van der Waals surface area contributed by atoms with E-state index >= 15 is 0 Å². The molecular formula is C27H46N6O5. The van der Waals surface area contributed by atoms with E-state index < -0.39 is 47.9 Å². The molecule has 4 unspecified atom stereocenters. The third-order valence-electron chi connectivity index (χ3n) is 6.12. The maximum absolute atomic E-state index is 13.4. The average molecular weight is 535 g/mol. The minimum atomic E-state index is -1.14. The molecule has 0 aromatic heterocycles. The number of aliphatic carboxylic acids is 1. The largest absolute Gasteiger partial charge is 0.480 e. The van der Waals surface area contributed by atoms with Gasteiger partial charge in [-0.05, 0) is 63.1 Å². The molecule has 0 radical (unpaired) electrons. The molecule has 1 aromatic carbocycles. The first-order chi connectivity index (χ1) is 18.1. The Hall–Kier alpha value is -3.02. The molecule has 214 valence electrons. The van der Waals surface area contributed by atoms with Crippen LogP contribution in [0.25, 0.3) is 0 Å². The van der Waals surface area contributed by atoms with E-state index in [1.165, 1.54) is 0 Å². The van der Waals surface area contributed by atoms with E-state index in [9.17, 15) is 24.3 Å². The molecule has 11 nitrogen and oxygen atoms in total. The van der Waals surface area contributed by atoms with Crippen LogP contribution in [0, 0.1) is 5.92 Å². The van der Waals surface area contributed by atoms with Gasteiger partial charge in [-0.2, -0.15) is 0 Å². The summed E-state index contributed by atoms with van der Waals surface area (Å²) in [5, 5.41) is 17.6. The molecule has 38 heavy (non-hydrogen) atoms. The summed E-state index contributed by atoms with van der Waals surface area (Å²) in [4.78, 5) is 51.0. The van der Waals surface area contributed by atoms with Gasteiger partial charge in [0.1, 0.15) is 18.1 Å². The van der Waals surface area contributed by atoms with E-state index in [2.05, 4.69) is 16.0 Å². The highest BCUT2D eigenvalue weighted by Gasteiger charge is 2.30. The van der Waals surface area contributed by atoms with Crippen LogP contribution in [-0.4, -0.2) is 66.1 Å². The molecule has 10 N–H and O–H groups in total. The summed E-state index contributed by atoms with van der Waals surface area (Å²) in [7, 11) is 0. The van der Waals surface area contributed by atoms with E-state index in [4.69, 9.17) is 17.2 Å². The fourth-order valence-corrected chi connectivity index (χ4v) is 3.98. The Morgan fingerprint density at radius 2 is 1.29 bits per heavy atom. The van der Waals surface area contributed by atoms with Gasteiger partial charge < -0.3 is 38.3 Å². The van der Waals surface area contributed by atoms with Crippen molar-refractivity contribution in [3.8, 4) is 0 Å². The van der Waals surface area contributed by atoms with Gasteiger partial charge in [-0.15, -0.1) is 0 Å². The molecule has 0 heterocycles. The van der Waals surface area contributed by atoms with Gasteiger partial charge in [-0.1, -0.05) is 50.6 Å². The van der Waals surface area contributed by atoms with Crippen molar-refractivity contribution in [1.29, 1.82) is 0 Å². The van der Waals surface area contributed by atoms with Crippen LogP contribution < -0.4 is 33.2 Å². The fourth-order valence-electron chi connectivity index (χ4n) is 3.98. The molecule has 0 spiro atoms. The number of nitrogens with one attached hydrogen (secondary N) is 3. The molecule has 1 rings (SSSR count). The molecule has 0 saturated carbocycles. The number of rotatable bonds is 19. The number of carbonyl (C=O) groups excluding carboxylic acids is 3. The normalized spacial score (nSPS) is 14.3. The van der Waals surface area contributed by atoms with Crippen molar-refractivity contribution in [1.82, 2.24) is 16.0 Å². The minimum Gasteiger partial charge on any atom is -0.480 e. The number of benzene rings is 1. The standard InChI is InChI=1S/C27H46N6O5/c1-18(2)16-23(27(37)38)33-25(35)21(13-7-9-15-29)31-26(36)22(17-19-10-4-3-5-11-19)32-24(34)20(30)12-6-8-14-28/h3-5,10-11,18,20-23H,6-9,12-17,28-30H2,1-2H3,(H,31,36)(H,32,34)(H,33,35)(H,37,38). The Balaban J connectivity index is 3.06. The van der Waals surface area contributed by atoms with Crippen LogP contribution in [-0.2, 0) is 25.6 Å². The molecule has 0 aliphatic carbocycles. The van der Waals surface area contributed by atoms with Gasteiger partial charge in [0.25, 0.3) is 0 Å². The number of hydrogen-bond acceptors (Lipinski definition) is 7. The number of amides is 3. The molecule has 0 bridgehead atoms. The highest BCUT2D eigenvalue weighted by molar-refractivity contribution is 5.94. The van der Waals surface area contributed by atoms with Crippen molar-refractivity contribution in [2.45, 2.75) is 89.4 Å². The van der Waals surface area contributed by atoms with Gasteiger partial charge in [0, 0.05) is 6.42 Å². The van der Waals surface area contributed by atoms with Crippen LogP contribution in [0.4, 0.5) is 0 Å².